The van der Waals surface area contributed by atoms with Crippen LogP contribution in [0.3, 0.4) is 0 Å². The van der Waals surface area contributed by atoms with Crippen molar-refractivity contribution >= 4 is 17.7 Å². The molecule has 0 aliphatic carbocycles. The van der Waals surface area contributed by atoms with Crippen molar-refractivity contribution in [3.8, 4) is 11.5 Å². The molecule has 8 heteroatoms. The molecule has 8 nitrogen and oxygen atoms in total. The summed E-state index contributed by atoms with van der Waals surface area (Å²) in [4.78, 5) is 37.9. The number of methoxy groups -OCH3 is 2. The van der Waals surface area contributed by atoms with Gasteiger partial charge in [0, 0.05) is 17.2 Å². The molecule has 0 unspecified atom stereocenters. The van der Waals surface area contributed by atoms with Crippen molar-refractivity contribution in [3.63, 3.8) is 0 Å². The summed E-state index contributed by atoms with van der Waals surface area (Å²) in [6.45, 7) is 5.72. The van der Waals surface area contributed by atoms with Crippen LogP contribution in [0.5, 0.6) is 11.5 Å². The van der Waals surface area contributed by atoms with E-state index in [0.717, 1.165) is 5.56 Å². The first-order valence-corrected chi connectivity index (χ1v) is 9.95. The van der Waals surface area contributed by atoms with Gasteiger partial charge in [-0.3, -0.25) is 25.2 Å². The average Bonchev–Trinajstić information content (AvgIpc) is 2.76. The van der Waals surface area contributed by atoms with E-state index < -0.39 is 17.9 Å². The van der Waals surface area contributed by atoms with Gasteiger partial charge < -0.3 is 14.8 Å². The molecule has 31 heavy (non-hydrogen) atoms. The fourth-order valence-electron chi connectivity index (χ4n) is 2.98. The van der Waals surface area contributed by atoms with E-state index in [9.17, 15) is 14.4 Å². The molecule has 2 rings (SSSR count). The number of carbonyl (C=O) groups is 3. The second-order valence-corrected chi connectivity index (χ2v) is 7.52. The second kappa shape index (κ2) is 11.0. The summed E-state index contributed by atoms with van der Waals surface area (Å²) in [5.74, 6) is -0.370. The SMILES string of the molecule is COc1cc(OC)cc(C(=O)NNC(=O)[C@H](CC(C)C)NC(=O)c2ccccc2C)c1. The standard InChI is InChI=1S/C23H29N3O5/c1-14(2)10-20(24-22(28)19-9-7-6-8-15(19)3)23(29)26-25-21(27)16-11-17(30-4)13-18(12-16)31-5/h6-9,11-14,20H,10H2,1-5H3,(H,24,28)(H,25,27)(H,26,29)/t20-/m0/s1. The molecule has 3 amide bonds. The average molecular weight is 428 g/mol. The van der Waals surface area contributed by atoms with Crippen LogP contribution in [0.2, 0.25) is 0 Å². The van der Waals surface area contributed by atoms with Crippen LogP contribution < -0.4 is 25.6 Å². The van der Waals surface area contributed by atoms with E-state index in [2.05, 4.69) is 16.2 Å². The molecule has 0 aliphatic heterocycles. The zero-order valence-electron chi connectivity index (χ0n) is 18.4. The topological polar surface area (TPSA) is 106 Å². The van der Waals surface area contributed by atoms with Crippen LogP contribution in [0.1, 0.15) is 46.5 Å². The minimum atomic E-state index is -0.813. The van der Waals surface area contributed by atoms with Crippen LogP contribution in [0.25, 0.3) is 0 Å². The molecular weight excluding hydrogens is 398 g/mol. The predicted molar refractivity (Wildman–Crippen MR) is 117 cm³/mol. The highest BCUT2D eigenvalue weighted by molar-refractivity contribution is 6.00. The van der Waals surface area contributed by atoms with E-state index in [0.29, 0.717) is 23.5 Å². The van der Waals surface area contributed by atoms with Crippen LogP contribution in [0, 0.1) is 12.8 Å². The molecule has 0 saturated carbocycles. The highest BCUT2D eigenvalue weighted by Gasteiger charge is 2.24. The zero-order valence-corrected chi connectivity index (χ0v) is 18.4. The van der Waals surface area contributed by atoms with Crippen molar-refractivity contribution in [1.29, 1.82) is 0 Å². The lowest BCUT2D eigenvalue weighted by Crippen LogP contribution is -2.52. The summed E-state index contributed by atoms with van der Waals surface area (Å²) in [7, 11) is 2.96. The first kappa shape index (κ1) is 23.7. The van der Waals surface area contributed by atoms with E-state index in [1.165, 1.54) is 26.4 Å². The van der Waals surface area contributed by atoms with E-state index in [-0.39, 0.29) is 17.4 Å². The van der Waals surface area contributed by atoms with Crippen LogP contribution >= 0.6 is 0 Å². The fourth-order valence-corrected chi connectivity index (χ4v) is 2.98. The Morgan fingerprint density at radius 3 is 2.06 bits per heavy atom. The molecule has 2 aromatic rings. The van der Waals surface area contributed by atoms with Crippen LogP contribution in [-0.4, -0.2) is 38.0 Å². The number of hydrogen-bond donors (Lipinski definition) is 3. The quantitative estimate of drug-likeness (QED) is 0.562. The Kier molecular flexibility index (Phi) is 8.43. The molecule has 1 atom stereocenters. The molecule has 0 bridgehead atoms. The Hall–Kier alpha value is -3.55. The number of hydrogen-bond acceptors (Lipinski definition) is 5. The number of carbonyl (C=O) groups excluding carboxylic acids is 3. The zero-order chi connectivity index (χ0) is 23.0. The van der Waals surface area contributed by atoms with Gasteiger partial charge in [-0.15, -0.1) is 0 Å². The van der Waals surface area contributed by atoms with Gasteiger partial charge in [-0.05, 0) is 43.0 Å². The van der Waals surface area contributed by atoms with E-state index in [1.54, 1.807) is 18.2 Å². The maximum Gasteiger partial charge on any atom is 0.269 e. The summed E-state index contributed by atoms with van der Waals surface area (Å²) in [6.07, 6.45) is 0.409. The van der Waals surface area contributed by atoms with E-state index >= 15 is 0 Å². The van der Waals surface area contributed by atoms with Crippen molar-refractivity contribution in [3.05, 3.63) is 59.2 Å². The lowest BCUT2D eigenvalue weighted by molar-refractivity contribution is -0.124. The van der Waals surface area contributed by atoms with Crippen molar-refractivity contribution in [2.45, 2.75) is 33.2 Å². The third-order valence-corrected chi connectivity index (χ3v) is 4.63. The maximum absolute atomic E-state index is 12.7. The molecule has 0 aromatic heterocycles. The van der Waals surface area contributed by atoms with Gasteiger partial charge in [-0.1, -0.05) is 32.0 Å². The van der Waals surface area contributed by atoms with Crippen molar-refractivity contribution in [2.75, 3.05) is 14.2 Å². The smallest absolute Gasteiger partial charge is 0.269 e. The largest absolute Gasteiger partial charge is 0.497 e. The molecule has 0 spiro atoms. The van der Waals surface area contributed by atoms with Gasteiger partial charge in [0.15, 0.2) is 0 Å². The Morgan fingerprint density at radius 2 is 1.52 bits per heavy atom. The third-order valence-electron chi connectivity index (χ3n) is 4.63. The molecule has 3 N–H and O–H groups in total. The molecule has 0 heterocycles. The maximum atomic E-state index is 12.7. The van der Waals surface area contributed by atoms with Gasteiger partial charge in [0.05, 0.1) is 14.2 Å². The molecule has 0 fully saturated rings. The van der Waals surface area contributed by atoms with Gasteiger partial charge in [-0.25, -0.2) is 0 Å². The lowest BCUT2D eigenvalue weighted by atomic mass is 10.0. The highest BCUT2D eigenvalue weighted by atomic mass is 16.5. The minimum absolute atomic E-state index is 0.145. The highest BCUT2D eigenvalue weighted by Crippen LogP contribution is 2.22. The molecular formula is C23H29N3O5. The van der Waals surface area contributed by atoms with Crippen LogP contribution in [-0.2, 0) is 4.79 Å². The normalized spacial score (nSPS) is 11.4. The van der Waals surface area contributed by atoms with Gasteiger partial charge in [0.2, 0.25) is 0 Å². The number of amides is 3. The monoisotopic (exact) mass is 427 g/mol. The van der Waals surface area contributed by atoms with Gasteiger partial charge in [-0.2, -0.15) is 0 Å². The Bertz CT molecular complexity index is 920. The predicted octanol–water partition coefficient (Wildman–Crippen LogP) is 2.62. The Labute approximate surface area is 182 Å². The van der Waals surface area contributed by atoms with Gasteiger partial charge in [0.1, 0.15) is 17.5 Å². The van der Waals surface area contributed by atoms with Crippen molar-refractivity contribution < 1.29 is 23.9 Å². The first-order valence-electron chi connectivity index (χ1n) is 9.95. The summed E-state index contributed by atoms with van der Waals surface area (Å²) in [6, 6.07) is 11.0. The van der Waals surface area contributed by atoms with Gasteiger partial charge in [0.25, 0.3) is 17.7 Å². The molecule has 0 aliphatic rings. The van der Waals surface area contributed by atoms with E-state index in [1.807, 2.05) is 32.9 Å². The third kappa shape index (κ3) is 6.74. The number of hydrazine groups is 1. The first-order chi connectivity index (χ1) is 14.7. The molecule has 0 radical (unpaired) electrons. The number of ether oxygens (including phenoxy) is 2. The number of nitrogens with one attached hydrogen (secondary N) is 3. The van der Waals surface area contributed by atoms with Crippen LogP contribution in [0.4, 0.5) is 0 Å². The Morgan fingerprint density at radius 1 is 0.903 bits per heavy atom. The molecule has 166 valence electrons. The van der Waals surface area contributed by atoms with Crippen molar-refractivity contribution in [2.24, 2.45) is 5.92 Å². The summed E-state index contributed by atoms with van der Waals surface area (Å²) >= 11 is 0. The van der Waals surface area contributed by atoms with Gasteiger partial charge >= 0.3 is 0 Å². The van der Waals surface area contributed by atoms with Crippen molar-refractivity contribution in [1.82, 2.24) is 16.2 Å². The number of benzene rings is 2. The summed E-state index contributed by atoms with van der Waals surface area (Å²) in [5.41, 5.74) is 6.33. The summed E-state index contributed by atoms with van der Waals surface area (Å²) < 4.78 is 10.3. The lowest BCUT2D eigenvalue weighted by Gasteiger charge is -2.21. The molecule has 0 saturated heterocycles. The number of aryl methyl sites for hydroxylation is 1. The summed E-state index contributed by atoms with van der Waals surface area (Å²) in [5, 5.41) is 2.76. The van der Waals surface area contributed by atoms with Crippen LogP contribution in [0.15, 0.2) is 42.5 Å². The van der Waals surface area contributed by atoms with E-state index in [4.69, 9.17) is 9.47 Å². The Balaban J connectivity index is 2.08. The molecule has 2 aromatic carbocycles. The minimum Gasteiger partial charge on any atom is -0.497 e. The fraction of sp³-hybridized carbons (Fsp3) is 0.348. The number of rotatable bonds is 8. The second-order valence-electron chi connectivity index (χ2n) is 7.52.